The Hall–Kier alpha value is -2.28. The summed E-state index contributed by atoms with van der Waals surface area (Å²) in [5.41, 5.74) is 0.423. The van der Waals surface area contributed by atoms with E-state index in [2.05, 4.69) is 20.5 Å². The first kappa shape index (κ1) is 11.8. The van der Waals surface area contributed by atoms with E-state index in [1.54, 1.807) is 12.1 Å². The third-order valence-electron chi connectivity index (χ3n) is 2.51. The van der Waals surface area contributed by atoms with E-state index in [4.69, 9.17) is 21.1 Å². The number of halogens is 1. The average molecular weight is 281 g/mol. The van der Waals surface area contributed by atoms with E-state index in [1.165, 1.54) is 6.33 Å². The molecule has 1 aliphatic rings. The van der Waals surface area contributed by atoms with Crippen molar-refractivity contribution in [3.63, 3.8) is 0 Å². The number of carbonyl (C=O) groups excluding carboxylic acids is 1. The molecule has 0 atom stereocenters. The van der Waals surface area contributed by atoms with Crippen LogP contribution in [0.3, 0.4) is 0 Å². The summed E-state index contributed by atoms with van der Waals surface area (Å²) < 4.78 is 10.8. The molecule has 1 aromatic carbocycles. The Bertz CT molecular complexity index is 615. The maximum atomic E-state index is 11.8. The molecule has 0 bridgehead atoms. The zero-order chi connectivity index (χ0) is 13.2. The second-order valence-electron chi connectivity index (χ2n) is 3.76. The molecular weight excluding hydrogens is 272 g/mol. The van der Waals surface area contributed by atoms with Gasteiger partial charge < -0.3 is 14.8 Å². The maximum Gasteiger partial charge on any atom is 0.293 e. The van der Waals surface area contributed by atoms with Gasteiger partial charge >= 0.3 is 0 Å². The lowest BCUT2D eigenvalue weighted by Crippen LogP contribution is -2.17. The minimum atomic E-state index is -0.434. The van der Waals surface area contributed by atoms with Crippen molar-refractivity contribution < 1.29 is 14.3 Å². The molecule has 2 heterocycles. The molecule has 1 aliphatic heterocycles. The minimum Gasteiger partial charge on any atom is -0.486 e. The van der Waals surface area contributed by atoms with Crippen LogP contribution in [0.5, 0.6) is 11.5 Å². The predicted molar refractivity (Wildman–Crippen MR) is 66.8 cm³/mol. The molecule has 8 heteroatoms. The van der Waals surface area contributed by atoms with Gasteiger partial charge in [0.2, 0.25) is 5.82 Å². The van der Waals surface area contributed by atoms with E-state index in [-0.39, 0.29) is 5.82 Å². The molecule has 2 aromatic rings. The predicted octanol–water partition coefficient (Wildman–Crippen LogP) is 1.48. The highest BCUT2D eigenvalue weighted by atomic mass is 35.5. The Morgan fingerprint density at radius 2 is 2.05 bits per heavy atom. The van der Waals surface area contributed by atoms with Gasteiger partial charge in [0.05, 0.1) is 10.7 Å². The van der Waals surface area contributed by atoms with Crippen LogP contribution in [0.4, 0.5) is 5.69 Å². The van der Waals surface area contributed by atoms with Gasteiger partial charge in [-0.3, -0.25) is 9.89 Å². The number of carbonyl (C=O) groups is 1. The number of H-pyrrole nitrogens is 1. The van der Waals surface area contributed by atoms with Gasteiger partial charge in [-0.1, -0.05) is 11.6 Å². The molecule has 0 unspecified atom stereocenters. The number of aromatic amines is 1. The zero-order valence-electron chi connectivity index (χ0n) is 9.64. The molecule has 2 N–H and O–H groups in total. The van der Waals surface area contributed by atoms with Crippen molar-refractivity contribution in [2.75, 3.05) is 18.5 Å². The van der Waals surface area contributed by atoms with E-state index in [9.17, 15) is 4.79 Å². The fourth-order valence-corrected chi connectivity index (χ4v) is 1.86. The first-order valence-electron chi connectivity index (χ1n) is 5.50. The number of hydrogen-bond acceptors (Lipinski definition) is 5. The number of rotatable bonds is 2. The number of hydrogen-bond donors (Lipinski definition) is 2. The van der Waals surface area contributed by atoms with Crippen molar-refractivity contribution >= 4 is 23.2 Å². The molecule has 0 saturated carbocycles. The van der Waals surface area contributed by atoms with Crippen LogP contribution in [0.2, 0.25) is 5.02 Å². The summed E-state index contributed by atoms with van der Waals surface area (Å²) in [6.45, 7) is 0.942. The van der Waals surface area contributed by atoms with E-state index < -0.39 is 5.91 Å². The quantitative estimate of drug-likeness (QED) is 0.870. The molecule has 98 valence electrons. The van der Waals surface area contributed by atoms with E-state index in [1.807, 2.05) is 0 Å². The molecule has 1 aromatic heterocycles. The summed E-state index contributed by atoms with van der Waals surface area (Å²) in [6, 6.07) is 3.22. The molecule has 7 nitrogen and oxygen atoms in total. The van der Waals surface area contributed by atoms with Crippen molar-refractivity contribution in [1.29, 1.82) is 0 Å². The Labute approximate surface area is 112 Å². The van der Waals surface area contributed by atoms with Crippen LogP contribution in [0.1, 0.15) is 10.6 Å². The second kappa shape index (κ2) is 4.77. The molecule has 1 amide bonds. The van der Waals surface area contributed by atoms with Gasteiger partial charge in [0.15, 0.2) is 11.5 Å². The van der Waals surface area contributed by atoms with Crippen LogP contribution in [0.25, 0.3) is 0 Å². The van der Waals surface area contributed by atoms with Crippen molar-refractivity contribution in [2.45, 2.75) is 0 Å². The maximum absolute atomic E-state index is 11.8. The van der Waals surface area contributed by atoms with Crippen LogP contribution in [-0.2, 0) is 0 Å². The fraction of sp³-hybridized carbons (Fsp3) is 0.182. The Morgan fingerprint density at radius 3 is 2.74 bits per heavy atom. The highest BCUT2D eigenvalue weighted by Gasteiger charge is 2.17. The highest BCUT2D eigenvalue weighted by Crippen LogP contribution is 2.37. The van der Waals surface area contributed by atoms with Crippen molar-refractivity contribution in [2.24, 2.45) is 0 Å². The van der Waals surface area contributed by atoms with Gasteiger partial charge in [-0.05, 0) is 0 Å². The van der Waals surface area contributed by atoms with Crippen LogP contribution in [0, 0.1) is 0 Å². The van der Waals surface area contributed by atoms with Gasteiger partial charge in [-0.25, -0.2) is 4.98 Å². The number of fused-ring (bicyclic) bond motifs is 1. The molecule has 0 fully saturated rings. The van der Waals surface area contributed by atoms with Gasteiger partial charge in [0.25, 0.3) is 5.91 Å². The van der Waals surface area contributed by atoms with Crippen LogP contribution < -0.4 is 14.8 Å². The average Bonchev–Trinajstić information content (AvgIpc) is 2.93. The van der Waals surface area contributed by atoms with Crippen molar-refractivity contribution in [1.82, 2.24) is 15.2 Å². The van der Waals surface area contributed by atoms with E-state index in [0.29, 0.717) is 35.4 Å². The summed E-state index contributed by atoms with van der Waals surface area (Å²) in [5, 5.41) is 9.05. The van der Waals surface area contributed by atoms with Gasteiger partial charge in [0, 0.05) is 12.1 Å². The molecule has 19 heavy (non-hydrogen) atoms. The summed E-state index contributed by atoms with van der Waals surface area (Å²) in [5.74, 6) is 0.777. The minimum absolute atomic E-state index is 0.103. The Morgan fingerprint density at radius 1 is 1.32 bits per heavy atom. The lowest BCUT2D eigenvalue weighted by molar-refractivity contribution is 0.101. The SMILES string of the molecule is O=C(Nc1cc2c(cc1Cl)OCCO2)c1ncn[nH]1. The second-order valence-corrected chi connectivity index (χ2v) is 4.17. The summed E-state index contributed by atoms with van der Waals surface area (Å²) in [6.07, 6.45) is 1.25. The summed E-state index contributed by atoms with van der Waals surface area (Å²) in [4.78, 5) is 15.6. The molecule has 0 spiro atoms. The van der Waals surface area contributed by atoms with E-state index >= 15 is 0 Å². The van der Waals surface area contributed by atoms with Gasteiger partial charge in [-0.15, -0.1) is 0 Å². The first-order valence-corrected chi connectivity index (χ1v) is 5.87. The summed E-state index contributed by atoms with van der Waals surface area (Å²) >= 11 is 6.07. The largest absolute Gasteiger partial charge is 0.486 e. The Kier molecular flexibility index (Phi) is 2.96. The van der Waals surface area contributed by atoms with Crippen molar-refractivity contribution in [3.05, 3.63) is 29.3 Å². The number of aromatic nitrogens is 3. The fourth-order valence-electron chi connectivity index (χ4n) is 1.66. The number of ether oxygens (including phenoxy) is 2. The number of nitrogens with zero attached hydrogens (tertiary/aromatic N) is 2. The van der Waals surface area contributed by atoms with Crippen LogP contribution in [0.15, 0.2) is 18.5 Å². The lowest BCUT2D eigenvalue weighted by atomic mass is 10.2. The van der Waals surface area contributed by atoms with Gasteiger partial charge in [-0.2, -0.15) is 5.10 Å². The Balaban J connectivity index is 1.87. The van der Waals surface area contributed by atoms with Crippen LogP contribution in [-0.4, -0.2) is 34.3 Å². The molecule has 0 saturated heterocycles. The summed E-state index contributed by atoms with van der Waals surface area (Å²) in [7, 11) is 0. The molecular formula is C11H9ClN4O3. The molecule has 0 aliphatic carbocycles. The molecule has 0 radical (unpaired) electrons. The third kappa shape index (κ3) is 2.32. The monoisotopic (exact) mass is 280 g/mol. The lowest BCUT2D eigenvalue weighted by Gasteiger charge is -2.19. The number of amides is 1. The van der Waals surface area contributed by atoms with Crippen molar-refractivity contribution in [3.8, 4) is 11.5 Å². The van der Waals surface area contributed by atoms with E-state index in [0.717, 1.165) is 0 Å². The third-order valence-corrected chi connectivity index (χ3v) is 2.82. The first-order chi connectivity index (χ1) is 9.24. The number of benzene rings is 1. The van der Waals surface area contributed by atoms with Gasteiger partial charge in [0.1, 0.15) is 19.5 Å². The molecule has 3 rings (SSSR count). The van der Waals surface area contributed by atoms with Crippen LogP contribution >= 0.6 is 11.6 Å². The standard InChI is InChI=1S/C11H9ClN4O3/c12-6-3-8-9(19-2-1-18-8)4-7(6)15-11(17)10-13-5-14-16-10/h3-5H,1-2H2,(H,15,17)(H,13,14,16). The number of anilines is 1. The number of nitrogens with one attached hydrogen (secondary N) is 2. The highest BCUT2D eigenvalue weighted by molar-refractivity contribution is 6.34. The topological polar surface area (TPSA) is 89.1 Å². The normalized spacial score (nSPS) is 13.1. The zero-order valence-corrected chi connectivity index (χ0v) is 10.4. The smallest absolute Gasteiger partial charge is 0.293 e.